The summed E-state index contributed by atoms with van der Waals surface area (Å²) < 4.78 is 5.76. The molecule has 0 aliphatic carbocycles. The first-order valence-corrected chi connectivity index (χ1v) is 12.2. The highest BCUT2D eigenvalue weighted by molar-refractivity contribution is 6.46. The first kappa shape index (κ1) is 25.3. The van der Waals surface area contributed by atoms with Crippen LogP contribution in [-0.2, 0) is 9.59 Å². The van der Waals surface area contributed by atoms with Crippen LogP contribution in [0.4, 0.5) is 5.69 Å². The first-order valence-electron chi connectivity index (χ1n) is 12.2. The van der Waals surface area contributed by atoms with Crippen LogP contribution in [0.15, 0.2) is 54.1 Å². The predicted molar refractivity (Wildman–Crippen MR) is 136 cm³/mol. The molecule has 1 aliphatic rings. The van der Waals surface area contributed by atoms with Crippen LogP contribution in [0.2, 0.25) is 0 Å². The van der Waals surface area contributed by atoms with Gasteiger partial charge < -0.3 is 19.6 Å². The van der Waals surface area contributed by atoms with Gasteiger partial charge in [0.2, 0.25) is 0 Å². The largest absolute Gasteiger partial charge is 0.507 e. The van der Waals surface area contributed by atoms with Crippen LogP contribution in [0, 0.1) is 0 Å². The van der Waals surface area contributed by atoms with E-state index in [0.29, 0.717) is 24.5 Å². The number of likely N-dealkylation sites (tertiary alicyclic amines) is 1. The van der Waals surface area contributed by atoms with Crippen LogP contribution in [0.25, 0.3) is 5.76 Å². The fourth-order valence-corrected chi connectivity index (χ4v) is 4.15. The molecule has 1 fully saturated rings. The van der Waals surface area contributed by atoms with Crippen molar-refractivity contribution in [3.63, 3.8) is 0 Å². The van der Waals surface area contributed by atoms with Gasteiger partial charge >= 0.3 is 0 Å². The molecular weight excluding hydrogens is 428 g/mol. The van der Waals surface area contributed by atoms with Gasteiger partial charge in [0, 0.05) is 31.9 Å². The molecule has 3 rings (SSSR count). The number of ketones is 1. The molecule has 1 heterocycles. The van der Waals surface area contributed by atoms with Gasteiger partial charge in [0.15, 0.2) is 0 Å². The van der Waals surface area contributed by atoms with Crippen molar-refractivity contribution in [3.05, 3.63) is 65.2 Å². The van der Waals surface area contributed by atoms with Crippen molar-refractivity contribution in [3.8, 4) is 5.75 Å². The number of carbonyl (C=O) groups is 2. The van der Waals surface area contributed by atoms with Gasteiger partial charge in [-0.2, -0.15) is 0 Å². The van der Waals surface area contributed by atoms with E-state index in [1.807, 2.05) is 50.2 Å². The molecule has 1 amide bonds. The second-order valence-electron chi connectivity index (χ2n) is 8.91. The normalized spacial score (nSPS) is 17.3. The summed E-state index contributed by atoms with van der Waals surface area (Å²) in [7, 11) is 3.92. The third-order valence-corrected chi connectivity index (χ3v) is 6.16. The number of aliphatic hydroxyl groups is 1. The molecule has 0 spiro atoms. The number of Topliss-reactive ketones (excluding diaryl/α,β-unsaturated/α-hetero) is 1. The quantitative estimate of drug-likeness (QED) is 0.205. The number of unbranched alkanes of at least 4 members (excludes halogenated alkanes) is 3. The first-order chi connectivity index (χ1) is 16.4. The molecule has 1 unspecified atom stereocenters. The number of rotatable bonds is 11. The van der Waals surface area contributed by atoms with E-state index in [1.165, 1.54) is 0 Å². The molecule has 2 aromatic rings. The Morgan fingerprint density at radius 3 is 2.18 bits per heavy atom. The van der Waals surface area contributed by atoms with Gasteiger partial charge in [0.05, 0.1) is 18.2 Å². The summed E-state index contributed by atoms with van der Waals surface area (Å²) in [5.41, 5.74) is 2.45. The number of anilines is 1. The van der Waals surface area contributed by atoms with E-state index in [4.69, 9.17) is 4.74 Å². The highest BCUT2D eigenvalue weighted by Gasteiger charge is 2.45. The fraction of sp³-hybridized carbons (Fsp3) is 0.429. The van der Waals surface area contributed by atoms with Gasteiger partial charge in [-0.05, 0) is 54.8 Å². The Balaban J connectivity index is 1.96. The summed E-state index contributed by atoms with van der Waals surface area (Å²) in [6, 6.07) is 14.2. The Morgan fingerprint density at radius 1 is 0.941 bits per heavy atom. The van der Waals surface area contributed by atoms with E-state index in [1.54, 1.807) is 29.2 Å². The van der Waals surface area contributed by atoms with Crippen LogP contribution < -0.4 is 9.64 Å². The maximum absolute atomic E-state index is 13.1. The van der Waals surface area contributed by atoms with Gasteiger partial charge in [-0.1, -0.05) is 45.2 Å². The van der Waals surface area contributed by atoms with Crippen molar-refractivity contribution in [2.45, 2.75) is 52.0 Å². The lowest BCUT2D eigenvalue weighted by Crippen LogP contribution is -2.30. The Hall–Kier alpha value is -3.28. The Labute approximate surface area is 202 Å². The minimum Gasteiger partial charge on any atom is -0.507 e. The lowest BCUT2D eigenvalue weighted by atomic mass is 9.95. The van der Waals surface area contributed by atoms with Gasteiger partial charge in [-0.25, -0.2) is 0 Å². The second-order valence-corrected chi connectivity index (χ2v) is 8.91. The summed E-state index contributed by atoms with van der Waals surface area (Å²) in [6.45, 7) is 5.30. The monoisotopic (exact) mass is 464 g/mol. The minimum atomic E-state index is -0.643. The number of benzene rings is 2. The number of aliphatic hydroxyl groups excluding tert-OH is 1. The van der Waals surface area contributed by atoms with Crippen LogP contribution in [0.1, 0.15) is 63.1 Å². The topological polar surface area (TPSA) is 70.1 Å². The molecule has 182 valence electrons. The zero-order valence-corrected chi connectivity index (χ0v) is 20.7. The van der Waals surface area contributed by atoms with Crippen molar-refractivity contribution < 1.29 is 19.4 Å². The number of carbonyl (C=O) groups excluding carboxylic acids is 2. The number of hydrogen-bond donors (Lipinski definition) is 1. The van der Waals surface area contributed by atoms with Crippen LogP contribution >= 0.6 is 0 Å². The molecule has 0 radical (unpaired) electrons. The lowest BCUT2D eigenvalue weighted by Gasteiger charge is -2.25. The summed E-state index contributed by atoms with van der Waals surface area (Å²) in [6.07, 6.45) is 4.92. The molecule has 34 heavy (non-hydrogen) atoms. The predicted octanol–water partition coefficient (Wildman–Crippen LogP) is 5.54. The van der Waals surface area contributed by atoms with Gasteiger partial charge in [0.25, 0.3) is 11.7 Å². The standard InChI is InChI=1S/C28H36N2O4/c1-5-7-9-19-34-23-16-12-21(13-17-23)26(31)24-25(20-10-14-22(15-11-20)29(3)4)30(18-8-6-2)28(33)27(24)32/h10-17,25,31H,5-9,18-19H2,1-4H3/b26-24-. The maximum atomic E-state index is 13.1. The molecular formula is C28H36N2O4. The molecule has 1 aliphatic heterocycles. The van der Waals surface area contributed by atoms with E-state index in [-0.39, 0.29) is 11.3 Å². The highest BCUT2D eigenvalue weighted by Crippen LogP contribution is 2.40. The SMILES string of the molecule is CCCCCOc1ccc(/C(O)=C2/C(=O)C(=O)N(CCCC)C2c2ccc(N(C)C)cc2)cc1. The number of nitrogens with zero attached hydrogens (tertiary/aromatic N) is 2. The summed E-state index contributed by atoms with van der Waals surface area (Å²) >= 11 is 0. The van der Waals surface area contributed by atoms with Gasteiger partial charge in [0.1, 0.15) is 11.5 Å². The summed E-state index contributed by atoms with van der Waals surface area (Å²) in [5, 5.41) is 11.2. The molecule has 1 N–H and O–H groups in total. The summed E-state index contributed by atoms with van der Waals surface area (Å²) in [5.74, 6) is -0.647. The molecule has 6 nitrogen and oxygen atoms in total. The average molecular weight is 465 g/mol. The molecule has 0 saturated carbocycles. The zero-order valence-electron chi connectivity index (χ0n) is 20.7. The summed E-state index contributed by atoms with van der Waals surface area (Å²) in [4.78, 5) is 29.6. The number of amides is 1. The highest BCUT2D eigenvalue weighted by atomic mass is 16.5. The second kappa shape index (κ2) is 11.7. The van der Waals surface area contributed by atoms with Crippen molar-refractivity contribution >= 4 is 23.1 Å². The van der Waals surface area contributed by atoms with E-state index in [2.05, 4.69) is 6.92 Å². The Kier molecular flexibility index (Phi) is 8.74. The van der Waals surface area contributed by atoms with Crippen molar-refractivity contribution in [1.82, 2.24) is 4.90 Å². The van der Waals surface area contributed by atoms with Crippen molar-refractivity contribution in [2.24, 2.45) is 0 Å². The molecule has 1 atom stereocenters. The van der Waals surface area contributed by atoms with E-state index in [0.717, 1.165) is 43.4 Å². The van der Waals surface area contributed by atoms with E-state index >= 15 is 0 Å². The maximum Gasteiger partial charge on any atom is 0.295 e. The van der Waals surface area contributed by atoms with Gasteiger partial charge in [-0.15, -0.1) is 0 Å². The lowest BCUT2D eigenvalue weighted by molar-refractivity contribution is -0.139. The Morgan fingerprint density at radius 2 is 1.59 bits per heavy atom. The van der Waals surface area contributed by atoms with E-state index in [9.17, 15) is 14.7 Å². The smallest absolute Gasteiger partial charge is 0.295 e. The number of ether oxygens (including phenoxy) is 1. The third-order valence-electron chi connectivity index (χ3n) is 6.16. The van der Waals surface area contributed by atoms with Gasteiger partial charge in [-0.3, -0.25) is 9.59 Å². The Bertz CT molecular complexity index is 1010. The third kappa shape index (κ3) is 5.61. The van der Waals surface area contributed by atoms with Crippen LogP contribution in [0.5, 0.6) is 5.75 Å². The molecule has 0 bridgehead atoms. The van der Waals surface area contributed by atoms with Crippen molar-refractivity contribution in [2.75, 3.05) is 32.1 Å². The minimum absolute atomic E-state index is 0.135. The average Bonchev–Trinajstić information content (AvgIpc) is 3.10. The number of hydrogen-bond acceptors (Lipinski definition) is 5. The zero-order chi connectivity index (χ0) is 24.7. The van der Waals surface area contributed by atoms with Crippen LogP contribution in [0.3, 0.4) is 0 Å². The molecule has 2 aromatic carbocycles. The molecule has 1 saturated heterocycles. The molecule has 0 aromatic heterocycles. The van der Waals surface area contributed by atoms with E-state index < -0.39 is 17.7 Å². The fourth-order valence-electron chi connectivity index (χ4n) is 4.15. The molecule has 6 heteroatoms. The van der Waals surface area contributed by atoms with Crippen LogP contribution in [-0.4, -0.2) is 48.9 Å². The van der Waals surface area contributed by atoms with Crippen molar-refractivity contribution in [1.29, 1.82) is 0 Å².